The predicted molar refractivity (Wildman–Crippen MR) is 162 cm³/mol. The molecule has 0 aromatic heterocycles. The average Bonchev–Trinajstić information content (AvgIpc) is 3.25. The van der Waals surface area contributed by atoms with Gasteiger partial charge in [0, 0.05) is 25.8 Å². The van der Waals surface area contributed by atoms with Crippen LogP contribution < -0.4 is 5.32 Å². The van der Waals surface area contributed by atoms with Gasteiger partial charge in [0.25, 0.3) is 5.60 Å². The summed E-state index contributed by atoms with van der Waals surface area (Å²) in [4.78, 5) is 62.7. The minimum absolute atomic E-state index is 0.134. The van der Waals surface area contributed by atoms with Gasteiger partial charge < -0.3 is 49.8 Å². The molecule has 2 bridgehead atoms. The number of rotatable bonds is 14. The molecule has 0 aliphatic carbocycles. The first kappa shape index (κ1) is 36.0. The van der Waals surface area contributed by atoms with Gasteiger partial charge in [-0.1, -0.05) is 74.2 Å². The quantitative estimate of drug-likeness (QED) is 0.124. The number of carboxylic acids is 3. The normalized spacial score (nSPS) is 28.8. The highest BCUT2D eigenvalue weighted by molar-refractivity contribution is 5.98. The number of carbonyl (C=O) groups excluding carboxylic acids is 2. The van der Waals surface area contributed by atoms with Gasteiger partial charge in [0.1, 0.15) is 12.2 Å². The van der Waals surface area contributed by atoms with Gasteiger partial charge in [0.2, 0.25) is 17.5 Å². The molecule has 0 radical (unpaired) electrons. The van der Waals surface area contributed by atoms with E-state index in [1.807, 2.05) is 30.3 Å². The Bertz CT molecular complexity index is 1550. The second-order valence-electron chi connectivity index (χ2n) is 11.8. The zero-order chi connectivity index (χ0) is 35.4. The van der Waals surface area contributed by atoms with E-state index in [0.29, 0.717) is 12.0 Å². The number of benzene rings is 2. The third-order valence-electron chi connectivity index (χ3n) is 8.52. The Morgan fingerprint density at radius 3 is 2.06 bits per heavy atom. The Hall–Kier alpha value is -4.83. The number of nitrogens with one attached hydrogen (secondary N) is 1. The Morgan fingerprint density at radius 1 is 0.958 bits per heavy atom. The average molecular weight is 672 g/mol. The highest BCUT2D eigenvalue weighted by Gasteiger charge is 2.85. The van der Waals surface area contributed by atoms with E-state index in [2.05, 4.69) is 11.9 Å². The minimum Gasteiger partial charge on any atom is -0.479 e. The van der Waals surface area contributed by atoms with Gasteiger partial charge in [0.05, 0.1) is 0 Å². The molecule has 0 saturated carbocycles. The van der Waals surface area contributed by atoms with Crippen molar-refractivity contribution in [1.29, 1.82) is 0 Å². The Morgan fingerprint density at radius 2 is 1.54 bits per heavy atom. The highest BCUT2D eigenvalue weighted by Crippen LogP contribution is 2.55. The SMILES string of the molecule is C=C(CC[C@@]12O[C@H](C(=O)O)[C@@](O)(C(=O)O)[C@@](C(=O)O)(O1)[C@H](OC(=O)NCc1ccccc1)[C@H]2O)C(OC(C)=O)C(C)Cc1ccccc1. The molecule has 4 rings (SSSR count). The Labute approximate surface area is 274 Å². The molecule has 2 fully saturated rings. The number of alkyl carbamates (subject to hydrolysis) is 1. The van der Waals surface area contributed by atoms with Crippen molar-refractivity contribution >= 4 is 30.0 Å². The number of hydrogen-bond donors (Lipinski definition) is 6. The Balaban J connectivity index is 1.68. The maximum atomic E-state index is 12.9. The molecule has 2 saturated heterocycles. The van der Waals surface area contributed by atoms with E-state index in [0.717, 1.165) is 5.56 Å². The van der Waals surface area contributed by atoms with Crippen molar-refractivity contribution in [3.63, 3.8) is 0 Å². The molecule has 2 heterocycles. The van der Waals surface area contributed by atoms with Gasteiger partial charge in [0.15, 0.2) is 6.10 Å². The predicted octanol–water partition coefficient (Wildman–Crippen LogP) is 1.64. The van der Waals surface area contributed by atoms with Crippen LogP contribution in [0.2, 0.25) is 0 Å². The summed E-state index contributed by atoms with van der Waals surface area (Å²) in [7, 11) is 0. The van der Waals surface area contributed by atoms with Gasteiger partial charge in [-0.05, 0) is 29.5 Å². The largest absolute Gasteiger partial charge is 0.479 e. The summed E-state index contributed by atoms with van der Waals surface area (Å²) < 4.78 is 21.9. The number of ether oxygens (including phenoxy) is 4. The van der Waals surface area contributed by atoms with E-state index in [1.165, 1.54) is 6.92 Å². The molecule has 258 valence electrons. The number of aliphatic carboxylic acids is 3. The second kappa shape index (κ2) is 14.1. The van der Waals surface area contributed by atoms with Crippen LogP contribution >= 0.6 is 0 Å². The lowest BCUT2D eigenvalue weighted by Gasteiger charge is -2.48. The van der Waals surface area contributed by atoms with Crippen molar-refractivity contribution in [3.8, 4) is 0 Å². The maximum Gasteiger partial charge on any atom is 0.407 e. The molecular weight excluding hydrogens is 634 g/mol. The molecule has 0 spiro atoms. The van der Waals surface area contributed by atoms with E-state index in [9.17, 15) is 49.5 Å². The van der Waals surface area contributed by atoms with Crippen LogP contribution in [-0.2, 0) is 51.1 Å². The third-order valence-corrected chi connectivity index (χ3v) is 8.52. The van der Waals surface area contributed by atoms with Crippen LogP contribution in [0, 0.1) is 5.92 Å². The number of carboxylic acid groups (broad SMARTS) is 3. The van der Waals surface area contributed by atoms with Crippen LogP contribution in [0.1, 0.15) is 37.8 Å². The lowest BCUT2D eigenvalue weighted by atomic mass is 9.74. The van der Waals surface area contributed by atoms with Crippen LogP contribution in [0.4, 0.5) is 4.79 Å². The van der Waals surface area contributed by atoms with E-state index in [1.54, 1.807) is 37.3 Å². The van der Waals surface area contributed by atoms with Crippen LogP contribution in [0.3, 0.4) is 0 Å². The summed E-state index contributed by atoms with van der Waals surface area (Å²) in [5.74, 6) is -10.4. The summed E-state index contributed by atoms with van der Waals surface area (Å²) in [5, 5.41) is 55.7. The molecule has 15 heteroatoms. The third kappa shape index (κ3) is 6.62. The summed E-state index contributed by atoms with van der Waals surface area (Å²) in [5.41, 5.74) is -5.75. The first-order chi connectivity index (χ1) is 22.6. The van der Waals surface area contributed by atoms with E-state index in [-0.39, 0.29) is 24.5 Å². The lowest BCUT2D eigenvalue weighted by molar-refractivity contribution is -0.373. The van der Waals surface area contributed by atoms with Gasteiger partial charge >= 0.3 is 30.0 Å². The number of aliphatic hydroxyl groups excluding tert-OH is 1. The summed E-state index contributed by atoms with van der Waals surface area (Å²) in [6, 6.07) is 17.7. The topological polar surface area (TPSA) is 235 Å². The molecular formula is C33H37NO14. The molecule has 1 amide bonds. The molecule has 8 atom stereocenters. The second-order valence-corrected chi connectivity index (χ2v) is 11.8. The Kier molecular flexibility index (Phi) is 10.6. The molecule has 6 N–H and O–H groups in total. The van der Waals surface area contributed by atoms with Crippen molar-refractivity contribution in [2.24, 2.45) is 5.92 Å². The van der Waals surface area contributed by atoms with Crippen LogP contribution in [0.5, 0.6) is 0 Å². The monoisotopic (exact) mass is 671 g/mol. The lowest BCUT2D eigenvalue weighted by Crippen LogP contribution is -2.78. The number of aliphatic hydroxyl groups is 2. The fourth-order valence-electron chi connectivity index (χ4n) is 6.22. The summed E-state index contributed by atoms with van der Waals surface area (Å²) in [6.45, 7) is 6.85. The highest BCUT2D eigenvalue weighted by atomic mass is 16.8. The number of carbonyl (C=O) groups is 5. The maximum absolute atomic E-state index is 12.9. The van der Waals surface area contributed by atoms with E-state index < -0.39 is 77.8 Å². The summed E-state index contributed by atoms with van der Waals surface area (Å²) in [6.07, 6.45) is -10.4. The first-order valence-electron chi connectivity index (χ1n) is 14.9. The van der Waals surface area contributed by atoms with Gasteiger partial charge in [-0.15, -0.1) is 0 Å². The fraction of sp³-hybridized carbons (Fsp3) is 0.424. The van der Waals surface area contributed by atoms with E-state index in [4.69, 9.17) is 18.9 Å². The van der Waals surface area contributed by atoms with Gasteiger partial charge in [-0.25, -0.2) is 19.2 Å². The molecule has 2 aliphatic heterocycles. The number of hydrogen-bond acceptors (Lipinski definition) is 11. The van der Waals surface area contributed by atoms with Crippen LogP contribution in [-0.4, -0.2) is 96.9 Å². The van der Waals surface area contributed by atoms with Crippen molar-refractivity contribution in [2.75, 3.05) is 0 Å². The zero-order valence-electron chi connectivity index (χ0n) is 26.1. The standard InChI is InChI=1S/C33H37NO14/c1-18(23(45-20(3)35)19(2)16-21-10-6-4-7-11-21)14-15-31-24(36)25(46-30(43)34-17-22-12-8-5-9-13-22)33(48-31,29(41)42)32(44,28(39)40)26(47-31)27(37)38/h4-13,19,23-26,36,44H,1,14-17H2,2-3H3,(H,34,43)(H,37,38)(H,39,40)(H,41,42)/t19?,23?,24-,25-,26-,31-,32-,33-/m1/s1. The van der Waals surface area contributed by atoms with Gasteiger partial charge in [-0.2, -0.15) is 0 Å². The first-order valence-corrected chi connectivity index (χ1v) is 14.9. The zero-order valence-corrected chi connectivity index (χ0v) is 26.1. The summed E-state index contributed by atoms with van der Waals surface area (Å²) >= 11 is 0. The number of esters is 1. The van der Waals surface area contributed by atoms with Crippen molar-refractivity contribution in [2.45, 2.75) is 81.1 Å². The van der Waals surface area contributed by atoms with Crippen molar-refractivity contribution in [3.05, 3.63) is 83.9 Å². The van der Waals surface area contributed by atoms with E-state index >= 15 is 0 Å². The number of fused-ring (bicyclic) bond motifs is 2. The molecule has 2 aromatic carbocycles. The van der Waals surface area contributed by atoms with Crippen molar-refractivity contribution < 1.29 is 68.5 Å². The molecule has 2 aromatic rings. The van der Waals surface area contributed by atoms with Crippen molar-refractivity contribution in [1.82, 2.24) is 5.32 Å². The smallest absolute Gasteiger partial charge is 0.407 e. The molecule has 15 nitrogen and oxygen atoms in total. The van der Waals surface area contributed by atoms with Crippen LogP contribution in [0.25, 0.3) is 0 Å². The molecule has 2 unspecified atom stereocenters. The fourth-order valence-corrected chi connectivity index (χ4v) is 6.22. The molecule has 48 heavy (non-hydrogen) atoms. The van der Waals surface area contributed by atoms with Gasteiger partial charge in [-0.3, -0.25) is 4.79 Å². The minimum atomic E-state index is -3.92. The van der Waals surface area contributed by atoms with Crippen LogP contribution in [0.15, 0.2) is 72.8 Å². The number of amides is 1. The molecule has 2 aliphatic rings.